The van der Waals surface area contributed by atoms with Gasteiger partial charge in [0, 0.05) is 18.7 Å². The van der Waals surface area contributed by atoms with Crippen LogP contribution in [-0.4, -0.2) is 41.1 Å². The van der Waals surface area contributed by atoms with Gasteiger partial charge in [-0.3, -0.25) is 9.59 Å². The van der Waals surface area contributed by atoms with Crippen LogP contribution in [0.4, 0.5) is 0 Å². The number of hydrogen-bond donors (Lipinski definition) is 1. The van der Waals surface area contributed by atoms with Gasteiger partial charge in [0.2, 0.25) is 0 Å². The molecule has 1 fully saturated rings. The molecule has 0 aromatic heterocycles. The summed E-state index contributed by atoms with van der Waals surface area (Å²) in [6.07, 6.45) is 2.43. The summed E-state index contributed by atoms with van der Waals surface area (Å²) in [5.41, 5.74) is 0.572. The van der Waals surface area contributed by atoms with Crippen LogP contribution in [0.25, 0.3) is 0 Å². The quantitative estimate of drug-likeness (QED) is 0.908. The molecule has 0 spiro atoms. The van der Waals surface area contributed by atoms with Gasteiger partial charge in [0.05, 0.1) is 12.0 Å². The molecule has 0 saturated carbocycles. The fourth-order valence-corrected chi connectivity index (χ4v) is 2.54. The molecule has 22 heavy (non-hydrogen) atoms. The van der Waals surface area contributed by atoms with Crippen molar-refractivity contribution in [2.45, 2.75) is 39.2 Å². The third-order valence-corrected chi connectivity index (χ3v) is 4.07. The Morgan fingerprint density at radius 3 is 2.64 bits per heavy atom. The van der Waals surface area contributed by atoms with Crippen LogP contribution >= 0.6 is 0 Å². The highest BCUT2D eigenvalue weighted by Crippen LogP contribution is 2.20. The predicted molar refractivity (Wildman–Crippen MR) is 83.1 cm³/mol. The highest BCUT2D eigenvalue weighted by atomic mass is 16.5. The summed E-state index contributed by atoms with van der Waals surface area (Å²) in [5.74, 6) is -0.644. The number of carboxylic acid groups (broad SMARTS) is 1. The SMILES string of the molecule is CCC(C)Oc1ccc(C(=O)N2CCCC(C(=O)O)C2)cc1. The Bertz CT molecular complexity index is 526. The Morgan fingerprint density at radius 2 is 2.05 bits per heavy atom. The van der Waals surface area contributed by atoms with Crippen LogP contribution in [0.3, 0.4) is 0 Å². The molecule has 2 rings (SSSR count). The van der Waals surface area contributed by atoms with E-state index >= 15 is 0 Å². The van der Waals surface area contributed by atoms with Crippen molar-refractivity contribution in [1.82, 2.24) is 4.90 Å². The maximum atomic E-state index is 12.4. The van der Waals surface area contributed by atoms with Crippen LogP contribution in [-0.2, 0) is 4.79 Å². The lowest BCUT2D eigenvalue weighted by Crippen LogP contribution is -2.42. The smallest absolute Gasteiger partial charge is 0.308 e. The van der Waals surface area contributed by atoms with Crippen LogP contribution < -0.4 is 4.74 Å². The zero-order chi connectivity index (χ0) is 16.1. The number of carbonyl (C=O) groups excluding carboxylic acids is 1. The number of ether oxygens (including phenoxy) is 1. The number of carbonyl (C=O) groups is 2. The molecule has 1 aromatic rings. The van der Waals surface area contributed by atoms with Gasteiger partial charge in [0.15, 0.2) is 0 Å². The molecule has 2 atom stereocenters. The first-order valence-electron chi connectivity index (χ1n) is 7.80. The molecule has 1 amide bonds. The molecule has 5 nitrogen and oxygen atoms in total. The van der Waals surface area contributed by atoms with Crippen molar-refractivity contribution in [2.24, 2.45) is 5.92 Å². The van der Waals surface area contributed by atoms with Gasteiger partial charge in [-0.15, -0.1) is 0 Å². The van der Waals surface area contributed by atoms with E-state index in [9.17, 15) is 9.59 Å². The van der Waals surface area contributed by atoms with E-state index in [4.69, 9.17) is 9.84 Å². The first-order valence-corrected chi connectivity index (χ1v) is 7.80. The Balaban J connectivity index is 2.01. The van der Waals surface area contributed by atoms with Crippen molar-refractivity contribution in [2.75, 3.05) is 13.1 Å². The maximum Gasteiger partial charge on any atom is 0.308 e. The van der Waals surface area contributed by atoms with Gasteiger partial charge in [-0.2, -0.15) is 0 Å². The number of hydrogen-bond acceptors (Lipinski definition) is 3. The van der Waals surface area contributed by atoms with Crippen molar-refractivity contribution >= 4 is 11.9 Å². The van der Waals surface area contributed by atoms with Gasteiger partial charge in [-0.25, -0.2) is 0 Å². The monoisotopic (exact) mass is 305 g/mol. The number of carboxylic acids is 1. The topological polar surface area (TPSA) is 66.8 Å². The van der Waals surface area contributed by atoms with Crippen molar-refractivity contribution in [3.05, 3.63) is 29.8 Å². The molecule has 1 aliphatic rings. The molecule has 1 saturated heterocycles. The van der Waals surface area contributed by atoms with Gasteiger partial charge < -0.3 is 14.7 Å². The Hall–Kier alpha value is -2.04. The molecular formula is C17H23NO4. The van der Waals surface area contributed by atoms with E-state index < -0.39 is 11.9 Å². The standard InChI is InChI=1S/C17H23NO4/c1-3-12(2)22-15-8-6-13(7-9-15)16(19)18-10-4-5-14(11-18)17(20)21/h6-9,12,14H,3-5,10-11H2,1-2H3,(H,20,21). The fraction of sp³-hybridized carbons (Fsp3) is 0.529. The first-order chi connectivity index (χ1) is 10.5. The largest absolute Gasteiger partial charge is 0.491 e. The molecule has 0 bridgehead atoms. The molecule has 2 unspecified atom stereocenters. The number of rotatable bonds is 5. The predicted octanol–water partition coefficient (Wildman–Crippen LogP) is 2.80. The third-order valence-electron chi connectivity index (χ3n) is 4.07. The zero-order valence-electron chi connectivity index (χ0n) is 13.1. The number of amides is 1. The van der Waals surface area contributed by atoms with Gasteiger partial charge >= 0.3 is 5.97 Å². The fourth-order valence-electron chi connectivity index (χ4n) is 2.54. The van der Waals surface area contributed by atoms with E-state index in [2.05, 4.69) is 6.92 Å². The average molecular weight is 305 g/mol. The average Bonchev–Trinajstić information content (AvgIpc) is 2.55. The lowest BCUT2D eigenvalue weighted by atomic mass is 9.97. The Labute approximate surface area is 130 Å². The summed E-state index contributed by atoms with van der Waals surface area (Å²) in [4.78, 5) is 25.2. The molecule has 1 aromatic carbocycles. The molecule has 1 aliphatic heterocycles. The van der Waals surface area contributed by atoms with Crippen LogP contribution in [0.15, 0.2) is 24.3 Å². The van der Waals surface area contributed by atoms with Crippen LogP contribution in [0.2, 0.25) is 0 Å². The minimum Gasteiger partial charge on any atom is -0.491 e. The van der Waals surface area contributed by atoms with Crippen molar-refractivity contribution in [1.29, 1.82) is 0 Å². The van der Waals surface area contributed by atoms with E-state index in [1.807, 2.05) is 6.92 Å². The number of benzene rings is 1. The van der Waals surface area contributed by atoms with E-state index in [0.717, 1.165) is 18.6 Å². The van der Waals surface area contributed by atoms with Gasteiger partial charge in [0.1, 0.15) is 5.75 Å². The number of piperidine rings is 1. The molecule has 1 heterocycles. The Kier molecular flexibility index (Phi) is 5.41. The first kappa shape index (κ1) is 16.3. The minimum atomic E-state index is -0.824. The number of nitrogens with zero attached hydrogens (tertiary/aromatic N) is 1. The maximum absolute atomic E-state index is 12.4. The lowest BCUT2D eigenvalue weighted by Gasteiger charge is -2.30. The van der Waals surface area contributed by atoms with E-state index in [1.54, 1.807) is 29.2 Å². The summed E-state index contributed by atoms with van der Waals surface area (Å²) in [5, 5.41) is 9.10. The van der Waals surface area contributed by atoms with Crippen LogP contribution in [0.1, 0.15) is 43.5 Å². The zero-order valence-corrected chi connectivity index (χ0v) is 13.1. The molecule has 5 heteroatoms. The summed E-state index contributed by atoms with van der Waals surface area (Å²) in [6.45, 7) is 4.96. The van der Waals surface area contributed by atoms with Gasteiger partial charge in [0.25, 0.3) is 5.91 Å². The second-order valence-corrected chi connectivity index (χ2v) is 5.79. The molecule has 1 N–H and O–H groups in total. The summed E-state index contributed by atoms with van der Waals surface area (Å²) >= 11 is 0. The van der Waals surface area contributed by atoms with Gasteiger partial charge in [-0.05, 0) is 50.5 Å². The normalized spacial score (nSPS) is 19.5. The van der Waals surface area contributed by atoms with E-state index in [0.29, 0.717) is 25.1 Å². The molecule has 120 valence electrons. The van der Waals surface area contributed by atoms with Crippen molar-refractivity contribution in [3.8, 4) is 5.75 Å². The highest BCUT2D eigenvalue weighted by Gasteiger charge is 2.28. The highest BCUT2D eigenvalue weighted by molar-refractivity contribution is 5.94. The molecule has 0 radical (unpaired) electrons. The van der Waals surface area contributed by atoms with Crippen molar-refractivity contribution in [3.63, 3.8) is 0 Å². The third kappa shape index (κ3) is 4.00. The van der Waals surface area contributed by atoms with E-state index in [1.165, 1.54) is 0 Å². The lowest BCUT2D eigenvalue weighted by molar-refractivity contribution is -0.143. The van der Waals surface area contributed by atoms with Gasteiger partial charge in [-0.1, -0.05) is 6.92 Å². The minimum absolute atomic E-state index is 0.110. The van der Waals surface area contributed by atoms with Crippen LogP contribution in [0, 0.1) is 5.92 Å². The molecule has 0 aliphatic carbocycles. The second-order valence-electron chi connectivity index (χ2n) is 5.79. The van der Waals surface area contributed by atoms with E-state index in [-0.39, 0.29) is 12.0 Å². The Morgan fingerprint density at radius 1 is 1.36 bits per heavy atom. The molecular weight excluding hydrogens is 282 g/mol. The second kappa shape index (κ2) is 7.29. The number of likely N-dealkylation sites (tertiary alicyclic amines) is 1. The summed E-state index contributed by atoms with van der Waals surface area (Å²) < 4.78 is 5.69. The summed E-state index contributed by atoms with van der Waals surface area (Å²) in [6, 6.07) is 7.06. The van der Waals surface area contributed by atoms with Crippen molar-refractivity contribution < 1.29 is 19.4 Å². The van der Waals surface area contributed by atoms with Crippen LogP contribution in [0.5, 0.6) is 5.75 Å². The summed E-state index contributed by atoms with van der Waals surface area (Å²) in [7, 11) is 0. The number of aliphatic carboxylic acids is 1.